The minimum Gasteiger partial charge on any atom is -0.467 e. The summed E-state index contributed by atoms with van der Waals surface area (Å²) in [7, 11) is 1.26. The second-order valence-electron chi connectivity index (χ2n) is 4.51. The average molecular weight is 363 g/mol. The number of benzene rings is 1. The maximum absolute atomic E-state index is 12.4. The van der Waals surface area contributed by atoms with Gasteiger partial charge in [0.25, 0.3) is 5.91 Å². The lowest BCUT2D eigenvalue weighted by Crippen LogP contribution is -2.41. The van der Waals surface area contributed by atoms with E-state index < -0.39 is 18.1 Å². The Balaban J connectivity index is 2.26. The van der Waals surface area contributed by atoms with Crippen LogP contribution in [0.5, 0.6) is 0 Å². The number of methoxy groups -OCH3 is 1. The summed E-state index contributed by atoms with van der Waals surface area (Å²) in [5.74, 6) is -0.885. The molecule has 1 N–H and O–H groups in total. The first-order valence-corrected chi connectivity index (χ1v) is 7.13. The van der Waals surface area contributed by atoms with Crippen molar-refractivity contribution in [3.05, 3.63) is 33.3 Å². The highest BCUT2D eigenvalue weighted by Crippen LogP contribution is 2.26. The van der Waals surface area contributed by atoms with Crippen molar-refractivity contribution < 1.29 is 19.4 Å². The van der Waals surface area contributed by atoms with E-state index in [1.54, 1.807) is 12.1 Å². The normalized spacial score (nSPS) is 21.9. The van der Waals surface area contributed by atoms with E-state index in [-0.39, 0.29) is 18.9 Å². The Morgan fingerprint density at radius 3 is 2.80 bits per heavy atom. The van der Waals surface area contributed by atoms with Gasteiger partial charge in [0, 0.05) is 23.0 Å². The molecule has 20 heavy (non-hydrogen) atoms. The van der Waals surface area contributed by atoms with Gasteiger partial charge in [0.2, 0.25) is 0 Å². The van der Waals surface area contributed by atoms with Crippen molar-refractivity contribution in [3.63, 3.8) is 0 Å². The van der Waals surface area contributed by atoms with Gasteiger partial charge in [0.05, 0.1) is 18.2 Å². The van der Waals surface area contributed by atoms with E-state index in [0.29, 0.717) is 15.1 Å². The van der Waals surface area contributed by atoms with E-state index in [9.17, 15) is 14.7 Å². The Morgan fingerprint density at radius 2 is 2.20 bits per heavy atom. The first kappa shape index (κ1) is 15.3. The number of aliphatic hydroxyl groups is 1. The van der Waals surface area contributed by atoms with Gasteiger partial charge in [-0.25, -0.2) is 4.79 Å². The second kappa shape index (κ2) is 6.11. The summed E-state index contributed by atoms with van der Waals surface area (Å²) in [6.45, 7) is 0.103. The molecule has 1 aliphatic rings. The molecule has 1 aromatic rings. The van der Waals surface area contributed by atoms with Crippen molar-refractivity contribution in [3.8, 4) is 0 Å². The van der Waals surface area contributed by atoms with Crippen molar-refractivity contribution >= 4 is 39.4 Å². The van der Waals surface area contributed by atoms with Crippen LogP contribution in [0.25, 0.3) is 0 Å². The van der Waals surface area contributed by atoms with Gasteiger partial charge < -0.3 is 14.7 Å². The highest BCUT2D eigenvalue weighted by molar-refractivity contribution is 9.10. The molecule has 2 atom stereocenters. The molecule has 0 aromatic heterocycles. The van der Waals surface area contributed by atoms with Crippen LogP contribution in [0.2, 0.25) is 5.02 Å². The third-order valence-corrected chi connectivity index (χ3v) is 4.41. The number of hydrogen-bond acceptors (Lipinski definition) is 4. The van der Waals surface area contributed by atoms with Crippen LogP contribution in [-0.2, 0) is 9.53 Å². The fourth-order valence-electron chi connectivity index (χ4n) is 2.19. The van der Waals surface area contributed by atoms with E-state index >= 15 is 0 Å². The molecule has 1 aliphatic heterocycles. The monoisotopic (exact) mass is 361 g/mol. The Labute approximate surface area is 129 Å². The van der Waals surface area contributed by atoms with Gasteiger partial charge in [0.1, 0.15) is 6.04 Å². The summed E-state index contributed by atoms with van der Waals surface area (Å²) >= 11 is 9.21. The summed E-state index contributed by atoms with van der Waals surface area (Å²) < 4.78 is 5.35. The number of rotatable bonds is 2. The molecule has 1 saturated heterocycles. The van der Waals surface area contributed by atoms with E-state index in [1.807, 2.05) is 0 Å². The smallest absolute Gasteiger partial charge is 0.328 e. The molecule has 1 heterocycles. The van der Waals surface area contributed by atoms with Gasteiger partial charge in [-0.2, -0.15) is 0 Å². The summed E-state index contributed by atoms with van der Waals surface area (Å²) in [5, 5.41) is 10.1. The van der Waals surface area contributed by atoms with Crippen LogP contribution in [0.3, 0.4) is 0 Å². The number of carbonyl (C=O) groups excluding carboxylic acids is 2. The van der Waals surface area contributed by atoms with Crippen LogP contribution in [0.4, 0.5) is 0 Å². The van der Waals surface area contributed by atoms with Crippen LogP contribution in [0, 0.1) is 0 Å². The van der Waals surface area contributed by atoms with Crippen LogP contribution in [0.15, 0.2) is 22.7 Å². The van der Waals surface area contributed by atoms with Gasteiger partial charge in [-0.3, -0.25) is 4.79 Å². The number of hydrogen-bond donors (Lipinski definition) is 1. The molecule has 0 spiro atoms. The van der Waals surface area contributed by atoms with Crippen molar-refractivity contribution in [2.24, 2.45) is 0 Å². The molecular formula is C13H13BrClNO4. The molecular weight excluding hydrogens is 350 g/mol. The first-order valence-electron chi connectivity index (χ1n) is 5.96. The van der Waals surface area contributed by atoms with E-state index in [4.69, 9.17) is 11.6 Å². The predicted octanol–water partition coefficient (Wildman–Crippen LogP) is 1.85. The highest BCUT2D eigenvalue weighted by atomic mass is 79.9. The minimum atomic E-state index is -0.759. The molecule has 5 nitrogen and oxygen atoms in total. The average Bonchev–Trinajstić information content (AvgIpc) is 2.82. The topological polar surface area (TPSA) is 66.8 Å². The molecule has 1 amide bonds. The van der Waals surface area contributed by atoms with Crippen LogP contribution in [-0.4, -0.2) is 47.7 Å². The van der Waals surface area contributed by atoms with Crippen LogP contribution < -0.4 is 0 Å². The number of halogens is 2. The summed E-state index contributed by atoms with van der Waals surface area (Å²) in [6, 6.07) is 4.03. The standard InChI is InChI=1S/C13H13BrClNO4/c1-20-13(19)11-5-8(17)6-16(11)12(18)7-2-3-9(14)10(15)4-7/h2-4,8,11,17H,5-6H2,1H3. The van der Waals surface area contributed by atoms with Gasteiger partial charge in [-0.05, 0) is 34.1 Å². The maximum atomic E-state index is 12.4. The molecule has 7 heteroatoms. The molecule has 2 rings (SSSR count). The van der Waals surface area contributed by atoms with Gasteiger partial charge in [-0.1, -0.05) is 11.6 Å². The molecule has 1 aromatic carbocycles. The highest BCUT2D eigenvalue weighted by Gasteiger charge is 2.39. The third kappa shape index (κ3) is 2.97. The van der Waals surface area contributed by atoms with Gasteiger partial charge >= 0.3 is 5.97 Å². The van der Waals surface area contributed by atoms with Crippen molar-refractivity contribution in [2.75, 3.05) is 13.7 Å². The van der Waals surface area contributed by atoms with Crippen molar-refractivity contribution in [1.82, 2.24) is 4.90 Å². The minimum absolute atomic E-state index is 0.103. The van der Waals surface area contributed by atoms with Crippen LogP contribution >= 0.6 is 27.5 Å². The number of β-amino-alcohol motifs (C(OH)–C–C–N with tert-alkyl or cyclic N) is 1. The summed E-state index contributed by atoms with van der Waals surface area (Å²) in [4.78, 5) is 25.4. The van der Waals surface area contributed by atoms with Gasteiger partial charge in [0.15, 0.2) is 0 Å². The van der Waals surface area contributed by atoms with Crippen LogP contribution in [0.1, 0.15) is 16.8 Å². The Morgan fingerprint density at radius 1 is 1.50 bits per heavy atom. The zero-order valence-corrected chi connectivity index (χ0v) is 13.0. The Hall–Kier alpha value is -1.11. The van der Waals surface area contributed by atoms with Crippen molar-refractivity contribution in [1.29, 1.82) is 0 Å². The molecule has 0 saturated carbocycles. The lowest BCUT2D eigenvalue weighted by Gasteiger charge is -2.22. The summed E-state index contributed by atoms with van der Waals surface area (Å²) in [5.41, 5.74) is 0.362. The van der Waals surface area contributed by atoms with Gasteiger partial charge in [-0.15, -0.1) is 0 Å². The number of nitrogens with zero attached hydrogens (tertiary/aromatic N) is 1. The quantitative estimate of drug-likeness (QED) is 0.816. The first-order chi connectivity index (χ1) is 9.43. The molecule has 0 bridgehead atoms. The number of amides is 1. The molecule has 2 unspecified atom stereocenters. The number of carbonyl (C=O) groups is 2. The molecule has 108 valence electrons. The zero-order valence-electron chi connectivity index (χ0n) is 10.7. The van der Waals surface area contributed by atoms with E-state index in [1.165, 1.54) is 18.1 Å². The zero-order chi connectivity index (χ0) is 14.9. The Bertz CT molecular complexity index is 551. The molecule has 0 aliphatic carbocycles. The Kier molecular flexibility index (Phi) is 4.67. The summed E-state index contributed by atoms with van der Waals surface area (Å²) in [6.07, 6.45) is -0.545. The number of ether oxygens (including phenoxy) is 1. The third-order valence-electron chi connectivity index (χ3n) is 3.18. The van der Waals surface area contributed by atoms with E-state index in [2.05, 4.69) is 20.7 Å². The SMILES string of the molecule is COC(=O)C1CC(O)CN1C(=O)c1ccc(Br)c(Cl)c1. The van der Waals surface area contributed by atoms with Crippen molar-refractivity contribution in [2.45, 2.75) is 18.6 Å². The number of likely N-dealkylation sites (tertiary alicyclic amines) is 1. The fourth-order valence-corrected chi connectivity index (χ4v) is 2.62. The molecule has 0 radical (unpaired) electrons. The fraction of sp³-hybridized carbons (Fsp3) is 0.385. The predicted molar refractivity (Wildman–Crippen MR) is 76.6 cm³/mol. The maximum Gasteiger partial charge on any atom is 0.328 e. The lowest BCUT2D eigenvalue weighted by molar-refractivity contribution is -0.145. The number of esters is 1. The molecule has 1 fully saturated rings. The lowest BCUT2D eigenvalue weighted by atomic mass is 10.1. The largest absolute Gasteiger partial charge is 0.467 e. The van der Waals surface area contributed by atoms with E-state index in [0.717, 1.165) is 0 Å². The second-order valence-corrected chi connectivity index (χ2v) is 5.78. The number of aliphatic hydroxyl groups excluding tert-OH is 1.